The molecule has 0 fully saturated rings. The Morgan fingerprint density at radius 2 is 1.91 bits per heavy atom. The predicted molar refractivity (Wildman–Crippen MR) is 88.5 cm³/mol. The first-order chi connectivity index (χ1) is 10.7. The Morgan fingerprint density at radius 3 is 2.55 bits per heavy atom. The molecule has 0 saturated carbocycles. The minimum Gasteiger partial charge on any atom is -0.495 e. The van der Waals surface area contributed by atoms with E-state index in [0.29, 0.717) is 17.3 Å². The molecule has 0 spiro atoms. The van der Waals surface area contributed by atoms with Crippen molar-refractivity contribution in [2.75, 3.05) is 7.11 Å². The normalized spacial score (nSPS) is 10.7. The number of hydrogen-bond acceptors (Lipinski definition) is 3. The van der Waals surface area contributed by atoms with Gasteiger partial charge in [-0.05, 0) is 24.3 Å². The van der Waals surface area contributed by atoms with Crippen molar-refractivity contribution in [2.45, 2.75) is 6.54 Å². The lowest BCUT2D eigenvalue weighted by Gasteiger charge is -2.10. The fourth-order valence-electron chi connectivity index (χ4n) is 2.33. The molecule has 3 aromatic rings. The number of ether oxygens (including phenoxy) is 1. The fraction of sp³-hybridized carbons (Fsp3) is 0.118. The number of benzene rings is 2. The van der Waals surface area contributed by atoms with Gasteiger partial charge in [0.15, 0.2) is 0 Å². The number of rotatable bonds is 4. The molecule has 0 radical (unpaired) electrons. The standard InChI is InChI=1S/C17H16ClN3O/c1-22-17-8-7-14(10-15(17)18)21-16(9-13(11-19)20-21)12-5-3-2-4-6-12/h2-10H,11,19H2,1H3. The molecule has 2 aromatic carbocycles. The first-order valence-corrected chi connectivity index (χ1v) is 7.29. The molecule has 0 aliphatic carbocycles. The zero-order valence-corrected chi connectivity index (χ0v) is 12.9. The maximum absolute atomic E-state index is 6.23. The Kier molecular flexibility index (Phi) is 4.13. The number of hydrogen-bond donors (Lipinski definition) is 1. The fourth-order valence-corrected chi connectivity index (χ4v) is 2.58. The van der Waals surface area contributed by atoms with Gasteiger partial charge >= 0.3 is 0 Å². The predicted octanol–water partition coefficient (Wildman–Crippen LogP) is 3.66. The van der Waals surface area contributed by atoms with Crippen LogP contribution in [-0.2, 0) is 6.54 Å². The van der Waals surface area contributed by atoms with Gasteiger partial charge < -0.3 is 10.5 Å². The number of methoxy groups -OCH3 is 1. The summed E-state index contributed by atoms with van der Waals surface area (Å²) in [5.41, 5.74) is 9.48. The topological polar surface area (TPSA) is 53.1 Å². The minimum atomic E-state index is 0.386. The van der Waals surface area contributed by atoms with E-state index in [1.54, 1.807) is 7.11 Å². The SMILES string of the molecule is COc1ccc(-n2nc(CN)cc2-c2ccccc2)cc1Cl. The highest BCUT2D eigenvalue weighted by atomic mass is 35.5. The molecule has 1 aromatic heterocycles. The van der Waals surface area contributed by atoms with E-state index in [1.807, 2.05) is 59.3 Å². The lowest BCUT2D eigenvalue weighted by atomic mass is 10.1. The third-order valence-corrected chi connectivity index (χ3v) is 3.71. The monoisotopic (exact) mass is 313 g/mol. The van der Waals surface area contributed by atoms with Crippen LogP contribution in [0.3, 0.4) is 0 Å². The number of nitrogens with zero attached hydrogens (tertiary/aromatic N) is 2. The maximum atomic E-state index is 6.23. The van der Waals surface area contributed by atoms with E-state index < -0.39 is 0 Å². The summed E-state index contributed by atoms with van der Waals surface area (Å²) in [6.45, 7) is 0.386. The van der Waals surface area contributed by atoms with Gasteiger partial charge in [0.1, 0.15) is 5.75 Å². The molecular formula is C17H16ClN3O. The molecule has 4 nitrogen and oxygen atoms in total. The van der Waals surface area contributed by atoms with Crippen molar-refractivity contribution in [3.05, 3.63) is 65.3 Å². The molecular weight excluding hydrogens is 298 g/mol. The first kappa shape index (κ1) is 14.6. The van der Waals surface area contributed by atoms with Crippen LogP contribution in [0.15, 0.2) is 54.6 Å². The van der Waals surface area contributed by atoms with Gasteiger partial charge in [0.2, 0.25) is 0 Å². The van der Waals surface area contributed by atoms with Crippen molar-refractivity contribution in [2.24, 2.45) is 5.73 Å². The van der Waals surface area contributed by atoms with Gasteiger partial charge in [-0.15, -0.1) is 0 Å². The molecule has 0 bridgehead atoms. The maximum Gasteiger partial charge on any atom is 0.137 e. The van der Waals surface area contributed by atoms with Crippen LogP contribution in [0.25, 0.3) is 16.9 Å². The molecule has 2 N–H and O–H groups in total. The first-order valence-electron chi connectivity index (χ1n) is 6.91. The smallest absolute Gasteiger partial charge is 0.137 e. The zero-order chi connectivity index (χ0) is 15.5. The second-order valence-corrected chi connectivity index (χ2v) is 5.23. The summed E-state index contributed by atoms with van der Waals surface area (Å²) in [7, 11) is 1.59. The van der Waals surface area contributed by atoms with Gasteiger partial charge in [0, 0.05) is 12.1 Å². The molecule has 22 heavy (non-hydrogen) atoms. The highest BCUT2D eigenvalue weighted by molar-refractivity contribution is 6.32. The Hall–Kier alpha value is -2.30. The van der Waals surface area contributed by atoms with Crippen LogP contribution in [0.4, 0.5) is 0 Å². The second kappa shape index (κ2) is 6.22. The van der Waals surface area contributed by atoms with Crippen LogP contribution in [-0.4, -0.2) is 16.9 Å². The van der Waals surface area contributed by atoms with Gasteiger partial charge in [-0.1, -0.05) is 41.9 Å². The highest BCUT2D eigenvalue weighted by Crippen LogP contribution is 2.29. The molecule has 0 unspecified atom stereocenters. The Morgan fingerprint density at radius 1 is 1.14 bits per heavy atom. The molecule has 0 aliphatic heterocycles. The average molecular weight is 314 g/mol. The number of halogens is 1. The van der Waals surface area contributed by atoms with Crippen molar-refractivity contribution in [3.63, 3.8) is 0 Å². The molecule has 5 heteroatoms. The van der Waals surface area contributed by atoms with E-state index in [9.17, 15) is 0 Å². The summed E-state index contributed by atoms with van der Waals surface area (Å²) < 4.78 is 7.05. The van der Waals surface area contributed by atoms with Gasteiger partial charge in [-0.2, -0.15) is 5.10 Å². The van der Waals surface area contributed by atoms with Crippen molar-refractivity contribution in [1.29, 1.82) is 0 Å². The lowest BCUT2D eigenvalue weighted by molar-refractivity contribution is 0.415. The van der Waals surface area contributed by atoms with Crippen molar-refractivity contribution < 1.29 is 4.74 Å². The van der Waals surface area contributed by atoms with Crippen LogP contribution in [0.1, 0.15) is 5.69 Å². The van der Waals surface area contributed by atoms with Crippen LogP contribution >= 0.6 is 11.6 Å². The van der Waals surface area contributed by atoms with E-state index in [0.717, 1.165) is 22.6 Å². The summed E-state index contributed by atoms with van der Waals surface area (Å²) >= 11 is 6.23. The van der Waals surface area contributed by atoms with Crippen molar-refractivity contribution in [3.8, 4) is 22.7 Å². The quantitative estimate of drug-likeness (QED) is 0.799. The summed E-state index contributed by atoms with van der Waals surface area (Å²) in [4.78, 5) is 0. The molecule has 0 aliphatic rings. The van der Waals surface area contributed by atoms with Gasteiger partial charge in [-0.3, -0.25) is 0 Å². The highest BCUT2D eigenvalue weighted by Gasteiger charge is 2.12. The van der Waals surface area contributed by atoms with Crippen LogP contribution in [0.2, 0.25) is 5.02 Å². The van der Waals surface area contributed by atoms with Crippen molar-refractivity contribution >= 4 is 11.6 Å². The minimum absolute atomic E-state index is 0.386. The van der Waals surface area contributed by atoms with Crippen LogP contribution in [0.5, 0.6) is 5.75 Å². The molecule has 112 valence electrons. The number of nitrogens with two attached hydrogens (primary N) is 1. The van der Waals surface area contributed by atoms with E-state index >= 15 is 0 Å². The largest absolute Gasteiger partial charge is 0.495 e. The van der Waals surface area contributed by atoms with Crippen LogP contribution < -0.4 is 10.5 Å². The van der Waals surface area contributed by atoms with E-state index in [2.05, 4.69) is 5.10 Å². The second-order valence-electron chi connectivity index (χ2n) is 4.82. The Labute approximate surface area is 134 Å². The lowest BCUT2D eigenvalue weighted by Crippen LogP contribution is -2.02. The van der Waals surface area contributed by atoms with E-state index in [4.69, 9.17) is 22.1 Å². The zero-order valence-electron chi connectivity index (χ0n) is 12.2. The van der Waals surface area contributed by atoms with Gasteiger partial charge in [0.05, 0.1) is 29.2 Å². The number of aromatic nitrogens is 2. The third-order valence-electron chi connectivity index (χ3n) is 3.42. The van der Waals surface area contributed by atoms with E-state index in [1.165, 1.54) is 0 Å². The van der Waals surface area contributed by atoms with Crippen LogP contribution in [0, 0.1) is 0 Å². The molecule has 1 heterocycles. The van der Waals surface area contributed by atoms with E-state index in [-0.39, 0.29) is 0 Å². The van der Waals surface area contributed by atoms with Gasteiger partial charge in [0.25, 0.3) is 0 Å². The summed E-state index contributed by atoms with van der Waals surface area (Å²) in [5, 5.41) is 5.11. The summed E-state index contributed by atoms with van der Waals surface area (Å²) in [6.07, 6.45) is 0. The summed E-state index contributed by atoms with van der Waals surface area (Å²) in [6, 6.07) is 17.6. The average Bonchev–Trinajstić information content (AvgIpc) is 3.00. The summed E-state index contributed by atoms with van der Waals surface area (Å²) in [5.74, 6) is 0.637. The Bertz CT molecular complexity index is 784. The molecule has 3 rings (SSSR count). The molecule has 0 atom stereocenters. The third kappa shape index (κ3) is 2.71. The van der Waals surface area contributed by atoms with Gasteiger partial charge in [-0.25, -0.2) is 4.68 Å². The molecule has 0 amide bonds. The van der Waals surface area contributed by atoms with Crippen molar-refractivity contribution in [1.82, 2.24) is 9.78 Å². The molecule has 0 saturated heterocycles. The Balaban J connectivity index is 2.14.